The van der Waals surface area contributed by atoms with Crippen LogP contribution in [0.3, 0.4) is 0 Å². The monoisotopic (exact) mass is 625 g/mol. The van der Waals surface area contributed by atoms with Gasteiger partial charge in [-0.3, -0.25) is 13.9 Å². The Bertz CT molecular complexity index is 1680. The molecular formula is C37H43N3O4S. The van der Waals surface area contributed by atoms with Gasteiger partial charge in [-0.25, -0.2) is 8.42 Å². The molecule has 2 amide bonds. The van der Waals surface area contributed by atoms with E-state index in [4.69, 9.17) is 0 Å². The van der Waals surface area contributed by atoms with E-state index >= 15 is 0 Å². The first-order valence-electron chi connectivity index (χ1n) is 15.3. The van der Waals surface area contributed by atoms with E-state index in [1.807, 2.05) is 101 Å². The van der Waals surface area contributed by atoms with Gasteiger partial charge in [0.05, 0.1) is 10.6 Å². The molecule has 1 N–H and O–H groups in total. The molecule has 0 aliphatic carbocycles. The van der Waals surface area contributed by atoms with Crippen molar-refractivity contribution >= 4 is 27.5 Å². The highest BCUT2D eigenvalue weighted by atomic mass is 32.2. The first-order chi connectivity index (χ1) is 21.4. The fourth-order valence-electron chi connectivity index (χ4n) is 5.12. The molecule has 0 saturated heterocycles. The van der Waals surface area contributed by atoms with E-state index in [-0.39, 0.29) is 23.8 Å². The minimum atomic E-state index is -4.13. The molecule has 0 bridgehead atoms. The van der Waals surface area contributed by atoms with Crippen LogP contribution >= 0.6 is 0 Å². The second-order valence-electron chi connectivity index (χ2n) is 12.2. The van der Waals surface area contributed by atoms with E-state index in [0.717, 1.165) is 33.0 Å². The molecule has 4 aromatic carbocycles. The zero-order chi connectivity index (χ0) is 32.6. The van der Waals surface area contributed by atoms with Gasteiger partial charge in [0.2, 0.25) is 11.8 Å². The molecular weight excluding hydrogens is 582 g/mol. The van der Waals surface area contributed by atoms with Gasteiger partial charge in [-0.15, -0.1) is 0 Å². The van der Waals surface area contributed by atoms with Gasteiger partial charge in [0, 0.05) is 18.5 Å². The standard InChI is InChI=1S/C37H43N3O4S/c1-6-29-21-23-32(24-22-29)40(45(43,44)33-19-11-8-12-20-33)27-35(41)39(26-31-18-14-13-15-28(31)2)34(36(42)38-37(3,4)5)25-30-16-9-7-10-17-30/h7-24,34H,6,25-27H2,1-5H3,(H,38,42). The summed E-state index contributed by atoms with van der Waals surface area (Å²) in [5.74, 6) is -0.791. The minimum Gasteiger partial charge on any atom is -0.350 e. The zero-order valence-electron chi connectivity index (χ0n) is 26.7. The van der Waals surface area contributed by atoms with Gasteiger partial charge in [0.1, 0.15) is 12.6 Å². The Balaban J connectivity index is 1.82. The number of carbonyl (C=O) groups is 2. The first-order valence-corrected chi connectivity index (χ1v) is 16.7. The molecule has 0 heterocycles. The third-order valence-electron chi connectivity index (χ3n) is 7.61. The highest BCUT2D eigenvalue weighted by Crippen LogP contribution is 2.26. The summed E-state index contributed by atoms with van der Waals surface area (Å²) < 4.78 is 29.4. The highest BCUT2D eigenvalue weighted by molar-refractivity contribution is 7.92. The average Bonchev–Trinajstić information content (AvgIpc) is 3.02. The maximum absolute atomic E-state index is 14.6. The molecule has 1 atom stereocenters. The number of aryl methyl sites for hydroxylation is 2. The van der Waals surface area contributed by atoms with Crippen LogP contribution in [-0.2, 0) is 39.0 Å². The first kappa shape index (κ1) is 33.5. The fraction of sp³-hybridized carbons (Fsp3) is 0.297. The molecule has 4 aromatic rings. The molecule has 0 fully saturated rings. The van der Waals surface area contributed by atoms with Gasteiger partial charge >= 0.3 is 0 Å². The van der Waals surface area contributed by atoms with Crippen LogP contribution in [0, 0.1) is 6.92 Å². The van der Waals surface area contributed by atoms with Gasteiger partial charge in [0.25, 0.3) is 10.0 Å². The number of nitrogens with one attached hydrogen (secondary N) is 1. The third-order valence-corrected chi connectivity index (χ3v) is 9.40. The van der Waals surface area contributed by atoms with Crippen LogP contribution in [0.15, 0.2) is 114 Å². The molecule has 236 valence electrons. The number of rotatable bonds is 12. The second-order valence-corrected chi connectivity index (χ2v) is 14.1. The number of hydrogen-bond donors (Lipinski definition) is 1. The Kier molecular flexibility index (Phi) is 10.8. The molecule has 4 rings (SSSR count). The van der Waals surface area contributed by atoms with Crippen molar-refractivity contribution in [2.24, 2.45) is 0 Å². The average molecular weight is 626 g/mol. The summed E-state index contributed by atoms with van der Waals surface area (Å²) in [6, 6.07) is 31.7. The number of amides is 2. The maximum Gasteiger partial charge on any atom is 0.264 e. The van der Waals surface area contributed by atoms with Crippen LogP contribution in [0.2, 0.25) is 0 Å². The summed E-state index contributed by atoms with van der Waals surface area (Å²) in [6.07, 6.45) is 1.05. The van der Waals surface area contributed by atoms with Crippen molar-refractivity contribution < 1.29 is 18.0 Å². The summed E-state index contributed by atoms with van der Waals surface area (Å²) in [4.78, 5) is 30.2. The van der Waals surface area contributed by atoms with Crippen LogP contribution in [0.5, 0.6) is 0 Å². The lowest BCUT2D eigenvalue weighted by atomic mass is 10.00. The lowest BCUT2D eigenvalue weighted by Gasteiger charge is -2.35. The molecule has 8 heteroatoms. The third kappa shape index (κ3) is 8.82. The van der Waals surface area contributed by atoms with Crippen LogP contribution in [0.1, 0.15) is 49.9 Å². The van der Waals surface area contributed by atoms with Crippen molar-refractivity contribution in [3.8, 4) is 0 Å². The van der Waals surface area contributed by atoms with Gasteiger partial charge in [-0.2, -0.15) is 0 Å². The van der Waals surface area contributed by atoms with Gasteiger partial charge in [-0.1, -0.05) is 91.9 Å². The lowest BCUT2D eigenvalue weighted by Crippen LogP contribution is -2.56. The summed E-state index contributed by atoms with van der Waals surface area (Å²) in [5.41, 5.74) is 3.60. The normalized spacial score (nSPS) is 12.3. The maximum atomic E-state index is 14.6. The van der Waals surface area contributed by atoms with Crippen molar-refractivity contribution in [2.45, 2.75) is 70.5 Å². The quantitative estimate of drug-likeness (QED) is 0.200. The number of benzene rings is 4. The molecule has 0 spiro atoms. The topological polar surface area (TPSA) is 86.8 Å². The van der Waals surface area contributed by atoms with E-state index in [1.165, 1.54) is 17.0 Å². The summed E-state index contributed by atoms with van der Waals surface area (Å²) in [7, 11) is -4.13. The van der Waals surface area contributed by atoms with E-state index in [9.17, 15) is 18.0 Å². The number of carbonyl (C=O) groups excluding carboxylic acids is 2. The molecule has 1 unspecified atom stereocenters. The van der Waals surface area contributed by atoms with Crippen molar-refractivity contribution in [3.05, 3.63) is 131 Å². The van der Waals surface area contributed by atoms with Crippen molar-refractivity contribution in [1.29, 1.82) is 0 Å². The van der Waals surface area contributed by atoms with E-state index in [1.54, 1.807) is 30.3 Å². The highest BCUT2D eigenvalue weighted by Gasteiger charge is 2.35. The summed E-state index contributed by atoms with van der Waals surface area (Å²) in [5, 5.41) is 3.06. The SMILES string of the molecule is CCc1ccc(N(CC(=O)N(Cc2ccccc2C)C(Cc2ccccc2)C(=O)NC(C)(C)C)S(=O)(=O)c2ccccc2)cc1. The van der Waals surface area contributed by atoms with Crippen LogP contribution in [-0.4, -0.2) is 43.3 Å². The van der Waals surface area contributed by atoms with Gasteiger partial charge in [-0.05, 0) is 80.6 Å². The van der Waals surface area contributed by atoms with Gasteiger partial charge < -0.3 is 10.2 Å². The molecule has 0 aliphatic rings. The Morgan fingerprint density at radius 2 is 1.36 bits per heavy atom. The van der Waals surface area contributed by atoms with Gasteiger partial charge in [0.15, 0.2) is 0 Å². The Morgan fingerprint density at radius 1 is 0.778 bits per heavy atom. The van der Waals surface area contributed by atoms with Crippen LogP contribution < -0.4 is 9.62 Å². The molecule has 45 heavy (non-hydrogen) atoms. The number of hydrogen-bond acceptors (Lipinski definition) is 4. The van der Waals surface area contributed by atoms with Crippen molar-refractivity contribution in [1.82, 2.24) is 10.2 Å². The second kappa shape index (κ2) is 14.6. The summed E-state index contributed by atoms with van der Waals surface area (Å²) in [6.45, 7) is 9.32. The van der Waals surface area contributed by atoms with Crippen molar-refractivity contribution in [2.75, 3.05) is 10.8 Å². The molecule has 0 radical (unpaired) electrons. The predicted molar refractivity (Wildman–Crippen MR) is 180 cm³/mol. The largest absolute Gasteiger partial charge is 0.350 e. The Labute approximate surface area is 268 Å². The Morgan fingerprint density at radius 3 is 1.93 bits per heavy atom. The molecule has 0 aliphatic heterocycles. The lowest BCUT2D eigenvalue weighted by molar-refractivity contribution is -0.140. The Hall–Kier alpha value is -4.43. The number of sulfonamides is 1. The molecule has 0 aromatic heterocycles. The fourth-order valence-corrected chi connectivity index (χ4v) is 6.56. The minimum absolute atomic E-state index is 0.0779. The van der Waals surface area contributed by atoms with Crippen LogP contribution in [0.25, 0.3) is 0 Å². The molecule has 7 nitrogen and oxygen atoms in total. The smallest absolute Gasteiger partial charge is 0.264 e. The predicted octanol–water partition coefficient (Wildman–Crippen LogP) is 6.31. The van der Waals surface area contributed by atoms with E-state index in [2.05, 4.69) is 5.32 Å². The summed E-state index contributed by atoms with van der Waals surface area (Å²) >= 11 is 0. The number of nitrogens with zero attached hydrogens (tertiary/aromatic N) is 2. The van der Waals surface area contributed by atoms with E-state index < -0.39 is 34.1 Å². The van der Waals surface area contributed by atoms with Crippen molar-refractivity contribution in [3.63, 3.8) is 0 Å². The van der Waals surface area contributed by atoms with Crippen LogP contribution in [0.4, 0.5) is 5.69 Å². The zero-order valence-corrected chi connectivity index (χ0v) is 27.6. The van der Waals surface area contributed by atoms with E-state index in [0.29, 0.717) is 5.69 Å². The molecule has 0 saturated carbocycles. The number of anilines is 1.